The summed E-state index contributed by atoms with van der Waals surface area (Å²) in [6.45, 7) is 8.23. The molecule has 1 aliphatic rings. The summed E-state index contributed by atoms with van der Waals surface area (Å²) in [6, 6.07) is 0.354. The maximum atomic E-state index is 11.9. The van der Waals surface area contributed by atoms with Crippen molar-refractivity contribution < 1.29 is 9.90 Å². The number of nitrogens with zero attached hydrogens (tertiary/aromatic N) is 1. The first-order valence-electron chi connectivity index (χ1n) is 7.68. The molecule has 1 fully saturated rings. The second kappa shape index (κ2) is 8.54. The monoisotopic (exact) mass is 270 g/mol. The van der Waals surface area contributed by atoms with Gasteiger partial charge in [0.25, 0.3) is 0 Å². The zero-order valence-electron chi connectivity index (χ0n) is 12.7. The van der Waals surface area contributed by atoms with Crippen molar-refractivity contribution in [1.29, 1.82) is 0 Å². The molecule has 0 saturated carbocycles. The second-order valence-corrected chi connectivity index (χ2v) is 6.26. The molecule has 4 nitrogen and oxygen atoms in total. The Labute approximate surface area is 117 Å². The molecule has 0 aromatic rings. The lowest BCUT2D eigenvalue weighted by atomic mass is 10.0. The number of aliphatic hydroxyl groups excluding tert-OH is 1. The smallest absolute Gasteiger partial charge is 0.234 e. The molecule has 0 aromatic carbocycles. The Balaban J connectivity index is 2.47. The summed E-state index contributed by atoms with van der Waals surface area (Å²) < 4.78 is 0. The van der Waals surface area contributed by atoms with Gasteiger partial charge in [0.1, 0.15) is 0 Å². The van der Waals surface area contributed by atoms with Crippen LogP contribution in [0.5, 0.6) is 0 Å². The second-order valence-electron chi connectivity index (χ2n) is 6.26. The Morgan fingerprint density at radius 2 is 2.05 bits per heavy atom. The first kappa shape index (κ1) is 16.4. The van der Waals surface area contributed by atoms with Gasteiger partial charge >= 0.3 is 0 Å². The van der Waals surface area contributed by atoms with E-state index in [0.29, 0.717) is 18.5 Å². The highest BCUT2D eigenvalue weighted by molar-refractivity contribution is 5.78. The lowest BCUT2D eigenvalue weighted by molar-refractivity contribution is -0.123. The van der Waals surface area contributed by atoms with Gasteiger partial charge in [-0.05, 0) is 38.6 Å². The number of amides is 1. The Morgan fingerprint density at radius 3 is 2.68 bits per heavy atom. The molecule has 1 heterocycles. The third-order valence-electron chi connectivity index (χ3n) is 3.67. The molecular weight excluding hydrogens is 240 g/mol. The average molecular weight is 270 g/mol. The van der Waals surface area contributed by atoms with Crippen molar-refractivity contribution in [3.8, 4) is 0 Å². The summed E-state index contributed by atoms with van der Waals surface area (Å²) in [6.07, 6.45) is 5.19. The number of carbonyl (C=O) groups excluding carboxylic acids is 1. The summed E-state index contributed by atoms with van der Waals surface area (Å²) in [5, 5.41) is 12.6. The van der Waals surface area contributed by atoms with E-state index in [1.165, 1.54) is 12.8 Å². The van der Waals surface area contributed by atoms with Crippen LogP contribution in [-0.4, -0.2) is 47.7 Å². The number of hydrogen-bond acceptors (Lipinski definition) is 3. The Hall–Kier alpha value is -0.610. The maximum Gasteiger partial charge on any atom is 0.234 e. The fourth-order valence-electron chi connectivity index (χ4n) is 2.66. The molecule has 2 atom stereocenters. The topological polar surface area (TPSA) is 52.6 Å². The molecule has 1 aliphatic heterocycles. The minimum atomic E-state index is -0.288. The van der Waals surface area contributed by atoms with Gasteiger partial charge in [-0.15, -0.1) is 0 Å². The number of hydrogen-bond donors (Lipinski definition) is 2. The quantitative estimate of drug-likeness (QED) is 0.773. The predicted octanol–water partition coefficient (Wildman–Crippen LogP) is 1.77. The van der Waals surface area contributed by atoms with Crippen molar-refractivity contribution in [3.05, 3.63) is 0 Å². The molecule has 0 aromatic heterocycles. The SMILES string of the molecule is CC(C)CNC(=O)CN1CCCCCC1CC(C)O. The van der Waals surface area contributed by atoms with Crippen LogP contribution in [0.4, 0.5) is 0 Å². The van der Waals surface area contributed by atoms with Crippen LogP contribution >= 0.6 is 0 Å². The largest absolute Gasteiger partial charge is 0.393 e. The molecule has 0 radical (unpaired) electrons. The van der Waals surface area contributed by atoms with E-state index in [-0.39, 0.29) is 12.0 Å². The third-order valence-corrected chi connectivity index (χ3v) is 3.67. The van der Waals surface area contributed by atoms with E-state index in [4.69, 9.17) is 0 Å². The third kappa shape index (κ3) is 6.92. The average Bonchev–Trinajstić information content (AvgIpc) is 2.52. The first-order valence-corrected chi connectivity index (χ1v) is 7.68. The van der Waals surface area contributed by atoms with E-state index in [1.54, 1.807) is 0 Å². The summed E-state index contributed by atoms with van der Waals surface area (Å²) in [5.41, 5.74) is 0. The van der Waals surface area contributed by atoms with Crippen molar-refractivity contribution >= 4 is 5.91 Å². The number of likely N-dealkylation sites (tertiary alicyclic amines) is 1. The number of aliphatic hydroxyl groups is 1. The van der Waals surface area contributed by atoms with Crippen molar-refractivity contribution in [1.82, 2.24) is 10.2 Å². The highest BCUT2D eigenvalue weighted by Crippen LogP contribution is 2.20. The zero-order valence-corrected chi connectivity index (χ0v) is 12.7. The van der Waals surface area contributed by atoms with Crippen LogP contribution in [0.2, 0.25) is 0 Å². The molecule has 0 spiro atoms. The van der Waals surface area contributed by atoms with Crippen LogP contribution in [0.25, 0.3) is 0 Å². The van der Waals surface area contributed by atoms with Crippen LogP contribution in [-0.2, 0) is 4.79 Å². The molecule has 112 valence electrons. The molecule has 19 heavy (non-hydrogen) atoms. The highest BCUT2D eigenvalue weighted by Gasteiger charge is 2.24. The van der Waals surface area contributed by atoms with Gasteiger partial charge in [-0.25, -0.2) is 0 Å². The summed E-state index contributed by atoms with van der Waals surface area (Å²) in [7, 11) is 0. The van der Waals surface area contributed by atoms with E-state index in [1.807, 2.05) is 6.92 Å². The molecular formula is C15H30N2O2. The maximum absolute atomic E-state index is 11.9. The van der Waals surface area contributed by atoms with Gasteiger partial charge in [-0.2, -0.15) is 0 Å². The molecule has 2 N–H and O–H groups in total. The lowest BCUT2D eigenvalue weighted by Crippen LogP contribution is -2.44. The van der Waals surface area contributed by atoms with Gasteiger partial charge in [-0.3, -0.25) is 9.69 Å². The van der Waals surface area contributed by atoms with E-state index >= 15 is 0 Å². The standard InChI is InChI=1S/C15H30N2O2/c1-12(2)10-16-15(19)11-17-8-6-4-5-7-14(17)9-13(3)18/h12-14,18H,4-11H2,1-3H3,(H,16,19). The van der Waals surface area contributed by atoms with Crippen LogP contribution < -0.4 is 5.32 Å². The summed E-state index contributed by atoms with van der Waals surface area (Å²) in [4.78, 5) is 14.2. The normalized spacial score (nSPS) is 23.1. The molecule has 4 heteroatoms. The summed E-state index contributed by atoms with van der Waals surface area (Å²) in [5.74, 6) is 0.604. The van der Waals surface area contributed by atoms with Gasteiger partial charge < -0.3 is 10.4 Å². The molecule has 2 unspecified atom stereocenters. The predicted molar refractivity (Wildman–Crippen MR) is 78.0 cm³/mol. The van der Waals surface area contributed by atoms with Crippen LogP contribution in [0.3, 0.4) is 0 Å². The first-order chi connectivity index (χ1) is 8.99. The number of rotatable bonds is 6. The number of carbonyl (C=O) groups is 1. The molecule has 1 saturated heterocycles. The van der Waals surface area contributed by atoms with E-state index in [9.17, 15) is 9.90 Å². The van der Waals surface area contributed by atoms with Crippen LogP contribution in [0.15, 0.2) is 0 Å². The minimum absolute atomic E-state index is 0.117. The fraction of sp³-hybridized carbons (Fsp3) is 0.933. The van der Waals surface area contributed by atoms with Crippen molar-refractivity contribution in [2.75, 3.05) is 19.6 Å². The Kier molecular flexibility index (Phi) is 7.39. The van der Waals surface area contributed by atoms with E-state index < -0.39 is 0 Å². The van der Waals surface area contributed by atoms with Gasteiger partial charge in [0.15, 0.2) is 0 Å². The van der Waals surface area contributed by atoms with Gasteiger partial charge in [0.2, 0.25) is 5.91 Å². The number of nitrogens with one attached hydrogen (secondary N) is 1. The van der Waals surface area contributed by atoms with Crippen LogP contribution in [0.1, 0.15) is 52.9 Å². The zero-order chi connectivity index (χ0) is 14.3. The van der Waals surface area contributed by atoms with E-state index in [0.717, 1.165) is 32.4 Å². The van der Waals surface area contributed by atoms with Gasteiger partial charge in [-0.1, -0.05) is 26.7 Å². The molecule has 0 aliphatic carbocycles. The van der Waals surface area contributed by atoms with E-state index in [2.05, 4.69) is 24.1 Å². The lowest BCUT2D eigenvalue weighted by Gasteiger charge is -2.30. The van der Waals surface area contributed by atoms with Crippen molar-refractivity contribution in [3.63, 3.8) is 0 Å². The molecule has 1 rings (SSSR count). The fourth-order valence-corrected chi connectivity index (χ4v) is 2.66. The van der Waals surface area contributed by atoms with Crippen molar-refractivity contribution in [2.24, 2.45) is 5.92 Å². The summed E-state index contributed by atoms with van der Waals surface area (Å²) >= 11 is 0. The van der Waals surface area contributed by atoms with Gasteiger partial charge in [0, 0.05) is 12.6 Å². The Bertz CT molecular complexity index is 267. The molecule has 0 bridgehead atoms. The van der Waals surface area contributed by atoms with Crippen LogP contribution in [0, 0.1) is 5.92 Å². The van der Waals surface area contributed by atoms with Crippen molar-refractivity contribution in [2.45, 2.75) is 65.0 Å². The Morgan fingerprint density at radius 1 is 1.32 bits per heavy atom. The highest BCUT2D eigenvalue weighted by atomic mass is 16.3. The minimum Gasteiger partial charge on any atom is -0.393 e. The van der Waals surface area contributed by atoms with Gasteiger partial charge in [0.05, 0.1) is 12.6 Å². The molecule has 1 amide bonds.